The molecule has 13 heavy (non-hydrogen) atoms. The normalized spacial score (nSPS) is 31.4. The first-order chi connectivity index (χ1) is 6.18. The van der Waals surface area contributed by atoms with Gasteiger partial charge in [0.25, 0.3) is 0 Å². The van der Waals surface area contributed by atoms with Gasteiger partial charge in [0.2, 0.25) is 12.1 Å². The number of hydrogen-bond acceptors (Lipinski definition) is 3. The van der Waals surface area contributed by atoms with Gasteiger partial charge >= 0.3 is 0 Å². The van der Waals surface area contributed by atoms with Crippen LogP contribution in [0.2, 0.25) is 0 Å². The minimum absolute atomic E-state index is 0.553. The molecule has 3 nitrogen and oxygen atoms in total. The van der Waals surface area contributed by atoms with Gasteiger partial charge < -0.3 is 14.9 Å². The number of aliphatic hydroxyl groups is 2. The van der Waals surface area contributed by atoms with Crippen molar-refractivity contribution in [3.8, 4) is 0 Å². The first kappa shape index (κ1) is 8.44. The molecular formula is C10H10O3. The first-order valence-electron chi connectivity index (χ1n) is 3.98. The summed E-state index contributed by atoms with van der Waals surface area (Å²) in [5.74, 6) is -1.52. The summed E-state index contributed by atoms with van der Waals surface area (Å²) in [5, 5.41) is 18.7. The zero-order chi connectivity index (χ0) is 9.47. The third kappa shape index (κ3) is 1.18. The van der Waals surface area contributed by atoms with Gasteiger partial charge in [-0.2, -0.15) is 0 Å². The summed E-state index contributed by atoms with van der Waals surface area (Å²) >= 11 is 0. The minimum Gasteiger partial charge on any atom is -0.363 e. The molecule has 2 unspecified atom stereocenters. The Bertz CT molecular complexity index is 348. The highest BCUT2D eigenvalue weighted by atomic mass is 16.8. The summed E-state index contributed by atoms with van der Waals surface area (Å²) in [6.07, 6.45) is 0.496. The molecule has 0 aliphatic carbocycles. The maximum Gasteiger partial charge on any atom is 0.248 e. The summed E-state index contributed by atoms with van der Waals surface area (Å²) in [6.45, 7) is 3.61. The summed E-state index contributed by atoms with van der Waals surface area (Å²) in [4.78, 5) is 0. The van der Waals surface area contributed by atoms with Crippen LogP contribution in [0.4, 0.5) is 0 Å². The van der Waals surface area contributed by atoms with E-state index < -0.39 is 12.1 Å². The Balaban J connectivity index is 2.46. The van der Waals surface area contributed by atoms with E-state index in [0.717, 1.165) is 5.56 Å². The SMILES string of the molecule is C=Cc1ccccc1C1(O)OC1O. The summed E-state index contributed by atoms with van der Waals surface area (Å²) in [5.41, 5.74) is 1.32. The van der Waals surface area contributed by atoms with Crippen LogP contribution in [0.15, 0.2) is 30.8 Å². The molecule has 1 heterocycles. The van der Waals surface area contributed by atoms with Crippen molar-refractivity contribution >= 4 is 6.08 Å². The van der Waals surface area contributed by atoms with Crippen molar-refractivity contribution in [2.24, 2.45) is 0 Å². The van der Waals surface area contributed by atoms with E-state index in [-0.39, 0.29) is 0 Å². The van der Waals surface area contributed by atoms with Crippen molar-refractivity contribution in [1.29, 1.82) is 0 Å². The lowest BCUT2D eigenvalue weighted by molar-refractivity contribution is 0.0321. The van der Waals surface area contributed by atoms with Crippen molar-refractivity contribution in [2.75, 3.05) is 0 Å². The molecular weight excluding hydrogens is 168 g/mol. The highest BCUT2D eigenvalue weighted by Crippen LogP contribution is 2.43. The molecule has 1 aromatic carbocycles. The number of benzene rings is 1. The van der Waals surface area contributed by atoms with E-state index in [2.05, 4.69) is 6.58 Å². The second-order valence-corrected chi connectivity index (χ2v) is 2.96. The molecule has 1 saturated heterocycles. The van der Waals surface area contributed by atoms with E-state index >= 15 is 0 Å². The summed E-state index contributed by atoms with van der Waals surface area (Å²) in [6, 6.07) is 7.11. The maximum atomic E-state index is 9.66. The number of rotatable bonds is 2. The lowest BCUT2D eigenvalue weighted by Gasteiger charge is -2.07. The van der Waals surface area contributed by atoms with Crippen molar-refractivity contribution in [1.82, 2.24) is 0 Å². The molecule has 68 valence electrons. The van der Waals surface area contributed by atoms with Gasteiger partial charge in [0.05, 0.1) is 0 Å². The lowest BCUT2D eigenvalue weighted by Crippen LogP contribution is -2.12. The van der Waals surface area contributed by atoms with Crippen LogP contribution in [0.5, 0.6) is 0 Å². The number of hydrogen-bond donors (Lipinski definition) is 2. The monoisotopic (exact) mass is 178 g/mol. The number of epoxide rings is 1. The van der Waals surface area contributed by atoms with Crippen LogP contribution in [0.25, 0.3) is 6.08 Å². The molecule has 3 heteroatoms. The predicted octanol–water partition coefficient (Wildman–Crippen LogP) is 0.823. The standard InChI is InChI=1S/C10H10O3/c1-2-7-5-3-4-6-8(7)10(12)9(11)13-10/h2-6,9,11-12H,1H2. The average molecular weight is 178 g/mol. The molecule has 0 spiro atoms. The minimum atomic E-state index is -1.52. The van der Waals surface area contributed by atoms with Crippen LogP contribution in [-0.4, -0.2) is 16.5 Å². The predicted molar refractivity (Wildman–Crippen MR) is 47.5 cm³/mol. The quantitative estimate of drug-likeness (QED) is 0.659. The van der Waals surface area contributed by atoms with Crippen molar-refractivity contribution in [2.45, 2.75) is 12.1 Å². The van der Waals surface area contributed by atoms with E-state index in [1.807, 2.05) is 6.07 Å². The van der Waals surface area contributed by atoms with Crippen LogP contribution >= 0.6 is 0 Å². The molecule has 1 aromatic rings. The van der Waals surface area contributed by atoms with Crippen LogP contribution in [0.1, 0.15) is 11.1 Å². The molecule has 1 fully saturated rings. The second-order valence-electron chi connectivity index (χ2n) is 2.96. The fourth-order valence-corrected chi connectivity index (χ4v) is 1.33. The van der Waals surface area contributed by atoms with Crippen LogP contribution in [-0.2, 0) is 10.5 Å². The molecule has 0 amide bonds. The van der Waals surface area contributed by atoms with E-state index in [4.69, 9.17) is 9.84 Å². The van der Waals surface area contributed by atoms with Crippen molar-refractivity contribution in [3.63, 3.8) is 0 Å². The van der Waals surface area contributed by atoms with E-state index in [1.165, 1.54) is 0 Å². The maximum absolute atomic E-state index is 9.66. The van der Waals surface area contributed by atoms with Gasteiger partial charge in [-0.05, 0) is 5.56 Å². The van der Waals surface area contributed by atoms with Gasteiger partial charge in [0.1, 0.15) is 0 Å². The number of aliphatic hydroxyl groups excluding tert-OH is 1. The highest BCUT2D eigenvalue weighted by Gasteiger charge is 2.57. The van der Waals surface area contributed by atoms with E-state index in [0.29, 0.717) is 5.56 Å². The summed E-state index contributed by atoms with van der Waals surface area (Å²) < 4.78 is 4.70. The lowest BCUT2D eigenvalue weighted by atomic mass is 10.0. The van der Waals surface area contributed by atoms with Crippen LogP contribution < -0.4 is 0 Å². The van der Waals surface area contributed by atoms with Gasteiger partial charge in [0.15, 0.2) is 0 Å². The van der Waals surface area contributed by atoms with Gasteiger partial charge in [-0.1, -0.05) is 36.9 Å². The Morgan fingerprint density at radius 3 is 2.62 bits per heavy atom. The molecule has 2 N–H and O–H groups in total. The van der Waals surface area contributed by atoms with Gasteiger partial charge in [-0.15, -0.1) is 0 Å². The second kappa shape index (κ2) is 2.67. The first-order valence-corrected chi connectivity index (χ1v) is 3.98. The fourth-order valence-electron chi connectivity index (χ4n) is 1.33. The topological polar surface area (TPSA) is 53.0 Å². The van der Waals surface area contributed by atoms with E-state index in [9.17, 15) is 5.11 Å². The van der Waals surface area contributed by atoms with Gasteiger partial charge in [0, 0.05) is 5.56 Å². The zero-order valence-corrected chi connectivity index (χ0v) is 6.97. The molecule has 0 aromatic heterocycles. The smallest absolute Gasteiger partial charge is 0.248 e. The van der Waals surface area contributed by atoms with Crippen molar-refractivity contribution in [3.05, 3.63) is 42.0 Å². The van der Waals surface area contributed by atoms with Gasteiger partial charge in [-0.3, -0.25) is 0 Å². The third-order valence-electron chi connectivity index (χ3n) is 2.14. The highest BCUT2D eigenvalue weighted by molar-refractivity contribution is 5.54. The molecule has 0 bridgehead atoms. The van der Waals surface area contributed by atoms with Gasteiger partial charge in [-0.25, -0.2) is 0 Å². The molecule has 1 aliphatic heterocycles. The van der Waals surface area contributed by atoms with E-state index in [1.54, 1.807) is 24.3 Å². The summed E-state index contributed by atoms with van der Waals surface area (Å²) in [7, 11) is 0. The Kier molecular flexibility index (Phi) is 1.73. The zero-order valence-electron chi connectivity index (χ0n) is 6.97. The average Bonchev–Trinajstić information content (AvgIpc) is 2.76. The Labute approximate surface area is 75.9 Å². The Morgan fingerprint density at radius 2 is 2.08 bits per heavy atom. The molecule has 2 atom stereocenters. The molecule has 1 aliphatic rings. The van der Waals surface area contributed by atoms with Crippen LogP contribution in [0, 0.1) is 0 Å². The number of ether oxygens (including phenoxy) is 1. The molecule has 2 rings (SSSR count). The largest absolute Gasteiger partial charge is 0.363 e. The molecule has 0 radical (unpaired) electrons. The third-order valence-corrected chi connectivity index (χ3v) is 2.14. The van der Waals surface area contributed by atoms with Crippen LogP contribution in [0.3, 0.4) is 0 Å². The molecule has 0 saturated carbocycles. The Morgan fingerprint density at radius 1 is 1.46 bits per heavy atom. The Hall–Kier alpha value is -1.16. The van der Waals surface area contributed by atoms with Crippen molar-refractivity contribution < 1.29 is 14.9 Å². The fraction of sp³-hybridized carbons (Fsp3) is 0.200.